The van der Waals surface area contributed by atoms with E-state index in [0.29, 0.717) is 18.9 Å². The predicted octanol–water partition coefficient (Wildman–Crippen LogP) is -0.0220. The lowest BCUT2D eigenvalue weighted by atomic mass is 9.99. The zero-order chi connectivity index (χ0) is 14.0. The molecule has 2 rings (SSSR count). The van der Waals surface area contributed by atoms with Gasteiger partial charge < -0.3 is 15.0 Å². The van der Waals surface area contributed by atoms with Crippen molar-refractivity contribution in [1.29, 1.82) is 0 Å². The molecule has 0 radical (unpaired) electrons. The highest BCUT2D eigenvalue weighted by molar-refractivity contribution is 5.90. The minimum atomic E-state index is -0.734. The Balaban J connectivity index is 2.36. The molecule has 1 aliphatic heterocycles. The first-order chi connectivity index (χ1) is 8.96. The van der Waals surface area contributed by atoms with Crippen molar-refractivity contribution in [2.75, 3.05) is 25.1 Å². The fourth-order valence-electron chi connectivity index (χ4n) is 1.99. The van der Waals surface area contributed by atoms with Crippen LogP contribution in [0.3, 0.4) is 0 Å². The number of carbonyl (C=O) groups is 2. The summed E-state index contributed by atoms with van der Waals surface area (Å²) in [5.74, 6) is -0.139. The second kappa shape index (κ2) is 4.83. The number of rotatable bonds is 2. The predicted molar refractivity (Wildman–Crippen MR) is 67.8 cm³/mol. The number of nitrogens with zero attached hydrogens (tertiary/aromatic N) is 3. The van der Waals surface area contributed by atoms with Crippen LogP contribution in [-0.4, -0.2) is 47.6 Å². The van der Waals surface area contributed by atoms with E-state index in [9.17, 15) is 9.59 Å². The van der Waals surface area contributed by atoms with Gasteiger partial charge in [0.25, 0.3) is 0 Å². The van der Waals surface area contributed by atoms with Gasteiger partial charge in [0, 0.05) is 13.1 Å². The van der Waals surface area contributed by atoms with Crippen molar-refractivity contribution >= 4 is 17.7 Å². The van der Waals surface area contributed by atoms with Crippen LogP contribution in [0.4, 0.5) is 5.82 Å². The summed E-state index contributed by atoms with van der Waals surface area (Å²) < 4.78 is 4.61. The number of esters is 1. The Kier molecular flexibility index (Phi) is 3.37. The third-order valence-electron chi connectivity index (χ3n) is 3.14. The number of ether oxygens (including phenoxy) is 1. The van der Waals surface area contributed by atoms with Gasteiger partial charge in [0.05, 0.1) is 19.5 Å². The van der Waals surface area contributed by atoms with Gasteiger partial charge in [0.1, 0.15) is 11.4 Å². The van der Waals surface area contributed by atoms with Crippen molar-refractivity contribution in [3.05, 3.63) is 18.1 Å². The third-order valence-corrected chi connectivity index (χ3v) is 3.14. The van der Waals surface area contributed by atoms with E-state index < -0.39 is 11.5 Å². The molecule has 7 heteroatoms. The lowest BCUT2D eigenvalue weighted by Crippen LogP contribution is -2.62. The highest BCUT2D eigenvalue weighted by Gasteiger charge is 2.38. The maximum atomic E-state index is 11.9. The normalized spacial score (nSPS) is 17.8. The fourth-order valence-corrected chi connectivity index (χ4v) is 1.99. The van der Waals surface area contributed by atoms with E-state index in [1.807, 2.05) is 4.90 Å². The molecule has 102 valence electrons. The van der Waals surface area contributed by atoms with Gasteiger partial charge in [-0.2, -0.15) is 0 Å². The topological polar surface area (TPSA) is 84.4 Å². The van der Waals surface area contributed by atoms with Gasteiger partial charge in [-0.05, 0) is 13.8 Å². The minimum absolute atomic E-state index is 0.0796. The summed E-state index contributed by atoms with van der Waals surface area (Å²) in [6, 6.07) is 0. The van der Waals surface area contributed by atoms with Crippen molar-refractivity contribution in [2.24, 2.45) is 0 Å². The number of aromatic nitrogens is 2. The van der Waals surface area contributed by atoms with Crippen LogP contribution >= 0.6 is 0 Å². The number of methoxy groups -OCH3 is 1. The molecule has 0 unspecified atom stereocenters. The van der Waals surface area contributed by atoms with Crippen LogP contribution in [0.1, 0.15) is 24.3 Å². The SMILES string of the molecule is COC(=O)c1cncc(N2CCNC(=O)C2(C)C)n1. The maximum absolute atomic E-state index is 11.9. The van der Waals surface area contributed by atoms with Gasteiger partial charge in [0.15, 0.2) is 5.69 Å². The number of amides is 1. The Hall–Kier alpha value is -2.18. The molecule has 0 aromatic carbocycles. The van der Waals surface area contributed by atoms with E-state index >= 15 is 0 Å². The highest BCUT2D eigenvalue weighted by atomic mass is 16.5. The van der Waals surface area contributed by atoms with E-state index in [-0.39, 0.29) is 11.6 Å². The quantitative estimate of drug-likeness (QED) is 0.756. The summed E-state index contributed by atoms with van der Waals surface area (Å²) in [6.07, 6.45) is 2.87. The molecule has 1 N–H and O–H groups in total. The smallest absolute Gasteiger partial charge is 0.358 e. The van der Waals surface area contributed by atoms with Crippen molar-refractivity contribution in [2.45, 2.75) is 19.4 Å². The summed E-state index contributed by atoms with van der Waals surface area (Å²) in [5.41, 5.74) is -0.608. The van der Waals surface area contributed by atoms with E-state index in [0.717, 1.165) is 0 Å². The summed E-state index contributed by atoms with van der Waals surface area (Å²) in [4.78, 5) is 33.3. The average molecular weight is 264 g/mol. The maximum Gasteiger partial charge on any atom is 0.358 e. The van der Waals surface area contributed by atoms with Gasteiger partial charge >= 0.3 is 5.97 Å². The molecule has 2 heterocycles. The van der Waals surface area contributed by atoms with Crippen LogP contribution in [0.5, 0.6) is 0 Å². The molecular formula is C12H16N4O3. The van der Waals surface area contributed by atoms with Gasteiger partial charge in [-0.1, -0.05) is 0 Å². The molecule has 1 aliphatic rings. The van der Waals surface area contributed by atoms with Gasteiger partial charge in [0.2, 0.25) is 5.91 Å². The lowest BCUT2D eigenvalue weighted by molar-refractivity contribution is -0.126. The number of anilines is 1. The molecular weight excluding hydrogens is 248 g/mol. The van der Waals surface area contributed by atoms with Crippen molar-refractivity contribution < 1.29 is 14.3 Å². The average Bonchev–Trinajstić information content (AvgIpc) is 2.41. The van der Waals surface area contributed by atoms with Crippen molar-refractivity contribution in [3.8, 4) is 0 Å². The molecule has 0 aliphatic carbocycles. The first kappa shape index (κ1) is 13.3. The fraction of sp³-hybridized carbons (Fsp3) is 0.500. The minimum Gasteiger partial charge on any atom is -0.464 e. The number of hydrogen-bond donors (Lipinski definition) is 1. The van der Waals surface area contributed by atoms with Gasteiger partial charge in [-0.3, -0.25) is 9.78 Å². The van der Waals surface area contributed by atoms with Crippen LogP contribution in [0.25, 0.3) is 0 Å². The Bertz CT molecular complexity index is 515. The second-order valence-electron chi connectivity index (χ2n) is 4.72. The molecule has 1 amide bonds. The van der Waals surface area contributed by atoms with Crippen molar-refractivity contribution in [1.82, 2.24) is 15.3 Å². The van der Waals surface area contributed by atoms with Crippen LogP contribution < -0.4 is 10.2 Å². The van der Waals surface area contributed by atoms with Crippen molar-refractivity contribution in [3.63, 3.8) is 0 Å². The monoisotopic (exact) mass is 264 g/mol. The standard InChI is InChI=1S/C12H16N4O3/c1-12(2)11(18)14-4-5-16(12)9-7-13-6-8(15-9)10(17)19-3/h6-7H,4-5H2,1-3H3,(H,14,18). The van der Waals surface area contributed by atoms with Crippen LogP contribution in [0, 0.1) is 0 Å². The lowest BCUT2D eigenvalue weighted by Gasteiger charge is -2.41. The zero-order valence-corrected chi connectivity index (χ0v) is 11.1. The Labute approximate surface area is 111 Å². The van der Waals surface area contributed by atoms with Crippen LogP contribution in [-0.2, 0) is 9.53 Å². The van der Waals surface area contributed by atoms with E-state index in [2.05, 4.69) is 20.0 Å². The van der Waals surface area contributed by atoms with E-state index in [1.165, 1.54) is 19.5 Å². The Morgan fingerprint density at radius 3 is 2.89 bits per heavy atom. The zero-order valence-electron chi connectivity index (χ0n) is 11.1. The van der Waals surface area contributed by atoms with Gasteiger partial charge in [-0.25, -0.2) is 9.78 Å². The first-order valence-electron chi connectivity index (χ1n) is 5.93. The summed E-state index contributed by atoms with van der Waals surface area (Å²) in [5, 5.41) is 2.80. The summed E-state index contributed by atoms with van der Waals surface area (Å²) in [7, 11) is 1.29. The highest BCUT2D eigenvalue weighted by Crippen LogP contribution is 2.23. The van der Waals surface area contributed by atoms with E-state index in [1.54, 1.807) is 13.8 Å². The number of nitrogens with one attached hydrogen (secondary N) is 1. The molecule has 7 nitrogen and oxygen atoms in total. The molecule has 0 atom stereocenters. The largest absolute Gasteiger partial charge is 0.464 e. The molecule has 0 spiro atoms. The Morgan fingerprint density at radius 1 is 1.47 bits per heavy atom. The number of hydrogen-bond acceptors (Lipinski definition) is 6. The second-order valence-corrected chi connectivity index (χ2v) is 4.72. The molecule has 0 bridgehead atoms. The Morgan fingerprint density at radius 2 is 2.21 bits per heavy atom. The molecule has 1 aromatic heterocycles. The first-order valence-corrected chi connectivity index (χ1v) is 5.93. The molecule has 1 fully saturated rings. The third kappa shape index (κ3) is 2.35. The van der Waals surface area contributed by atoms with Crippen LogP contribution in [0.2, 0.25) is 0 Å². The van der Waals surface area contributed by atoms with Gasteiger partial charge in [-0.15, -0.1) is 0 Å². The summed E-state index contributed by atoms with van der Waals surface area (Å²) >= 11 is 0. The number of carbonyl (C=O) groups excluding carboxylic acids is 2. The molecule has 0 saturated carbocycles. The molecule has 1 saturated heterocycles. The molecule has 19 heavy (non-hydrogen) atoms. The van der Waals surface area contributed by atoms with Crippen LogP contribution in [0.15, 0.2) is 12.4 Å². The summed E-state index contributed by atoms with van der Waals surface area (Å²) in [6.45, 7) is 4.74. The van der Waals surface area contributed by atoms with E-state index in [4.69, 9.17) is 0 Å². The number of piperazine rings is 1. The molecule has 1 aromatic rings.